The van der Waals surface area contributed by atoms with Gasteiger partial charge in [-0.25, -0.2) is 4.79 Å². The summed E-state index contributed by atoms with van der Waals surface area (Å²) in [7, 11) is 0. The topological polar surface area (TPSA) is 109 Å². The van der Waals surface area contributed by atoms with Crippen molar-refractivity contribution in [3.8, 4) is 0 Å². The molecule has 0 unspecified atom stereocenters. The Morgan fingerprint density at radius 3 is 2.70 bits per heavy atom. The molecule has 3 saturated heterocycles. The zero-order valence-corrected chi connectivity index (χ0v) is 18.3. The number of hydrogen-bond acceptors (Lipinski definition) is 6. The Labute approximate surface area is 178 Å². The van der Waals surface area contributed by atoms with E-state index in [-0.39, 0.29) is 17.8 Å². The lowest BCUT2D eigenvalue weighted by Crippen LogP contribution is -2.58. The summed E-state index contributed by atoms with van der Waals surface area (Å²) in [4.78, 5) is 17.9. The summed E-state index contributed by atoms with van der Waals surface area (Å²) < 4.78 is 22.7. The third kappa shape index (κ3) is 4.85. The highest BCUT2D eigenvalue weighted by molar-refractivity contribution is 5.68. The average molecular weight is 423 g/mol. The van der Waals surface area contributed by atoms with Gasteiger partial charge in [0.2, 0.25) is 0 Å². The van der Waals surface area contributed by atoms with Crippen molar-refractivity contribution in [1.29, 1.82) is 0 Å². The van der Waals surface area contributed by atoms with E-state index in [0.29, 0.717) is 56.9 Å². The molecule has 4 fully saturated rings. The summed E-state index contributed by atoms with van der Waals surface area (Å²) in [5.41, 5.74) is 8.26. The monoisotopic (exact) mass is 422 g/mol. The van der Waals surface area contributed by atoms with E-state index >= 15 is 0 Å². The van der Waals surface area contributed by atoms with E-state index in [1.54, 1.807) is 0 Å². The van der Waals surface area contributed by atoms with Gasteiger partial charge in [-0.15, -0.1) is 0 Å². The van der Waals surface area contributed by atoms with Crippen molar-refractivity contribution in [2.45, 2.75) is 77.0 Å². The van der Waals surface area contributed by atoms with Gasteiger partial charge in [-0.3, -0.25) is 0 Å². The Bertz CT molecular complexity index is 685. The fourth-order valence-electron chi connectivity index (χ4n) is 5.64. The van der Waals surface area contributed by atoms with Gasteiger partial charge in [-0.05, 0) is 75.7 Å². The van der Waals surface area contributed by atoms with Crippen molar-refractivity contribution in [3.63, 3.8) is 0 Å². The van der Waals surface area contributed by atoms with Gasteiger partial charge in [-0.1, -0.05) is 5.11 Å². The normalized spacial score (nSPS) is 35.9. The molecule has 0 N–H and O–H groups in total. The molecule has 9 nitrogen and oxygen atoms in total. The molecule has 30 heavy (non-hydrogen) atoms. The molecule has 4 aliphatic rings. The Morgan fingerprint density at radius 2 is 2.00 bits per heavy atom. The first kappa shape index (κ1) is 21.7. The van der Waals surface area contributed by atoms with Crippen molar-refractivity contribution in [1.82, 2.24) is 4.90 Å². The van der Waals surface area contributed by atoms with Gasteiger partial charge in [0, 0.05) is 24.5 Å². The molecule has 0 spiro atoms. The highest BCUT2D eigenvalue weighted by Crippen LogP contribution is 2.54. The van der Waals surface area contributed by atoms with Crippen molar-refractivity contribution in [2.24, 2.45) is 22.4 Å². The minimum Gasteiger partial charge on any atom is -0.444 e. The Kier molecular flexibility index (Phi) is 6.17. The summed E-state index contributed by atoms with van der Waals surface area (Å²) >= 11 is 0. The zero-order valence-electron chi connectivity index (χ0n) is 18.3. The number of carbonyl (C=O) groups is 1. The molecule has 1 aliphatic carbocycles. The quantitative estimate of drug-likeness (QED) is 0.279. The van der Waals surface area contributed by atoms with Crippen molar-refractivity contribution < 1.29 is 23.7 Å². The predicted molar refractivity (Wildman–Crippen MR) is 109 cm³/mol. The van der Waals surface area contributed by atoms with Crippen LogP contribution in [0.25, 0.3) is 10.4 Å². The van der Waals surface area contributed by atoms with Gasteiger partial charge in [0.1, 0.15) is 5.60 Å². The number of carbonyl (C=O) groups excluding carboxylic acids is 1. The lowest BCUT2D eigenvalue weighted by molar-refractivity contribution is -0.0636. The molecule has 1 amide bonds. The van der Waals surface area contributed by atoms with E-state index in [1.807, 2.05) is 25.7 Å². The second-order valence-electron chi connectivity index (χ2n) is 10.2. The lowest BCUT2D eigenvalue weighted by Gasteiger charge is -2.53. The number of piperidine rings is 1. The molecule has 0 bridgehead atoms. The van der Waals surface area contributed by atoms with Crippen LogP contribution in [0.1, 0.15) is 52.9 Å². The van der Waals surface area contributed by atoms with Crippen LogP contribution in [0, 0.1) is 17.3 Å². The maximum Gasteiger partial charge on any atom is 0.410 e. The Hall–Kier alpha value is -1.54. The van der Waals surface area contributed by atoms with Crippen LogP contribution in [0.15, 0.2) is 5.11 Å². The first-order valence-corrected chi connectivity index (χ1v) is 11.2. The number of nitrogens with zero attached hydrogens (tertiary/aromatic N) is 4. The number of ether oxygens (including phenoxy) is 4. The van der Waals surface area contributed by atoms with Crippen molar-refractivity contribution in [3.05, 3.63) is 10.4 Å². The maximum absolute atomic E-state index is 13.0. The first-order valence-electron chi connectivity index (χ1n) is 11.2. The number of epoxide rings is 1. The minimum absolute atomic E-state index is 0.148. The van der Waals surface area contributed by atoms with Gasteiger partial charge >= 0.3 is 6.09 Å². The summed E-state index contributed by atoms with van der Waals surface area (Å²) in [6, 6.07) is 0. The molecule has 3 aliphatic heterocycles. The number of rotatable bonds is 6. The van der Waals surface area contributed by atoms with Gasteiger partial charge in [0.05, 0.1) is 25.4 Å². The van der Waals surface area contributed by atoms with E-state index in [4.69, 9.17) is 24.5 Å². The number of likely N-dealkylation sites (tertiary alicyclic amines) is 1. The number of amides is 1. The third-order valence-corrected chi connectivity index (χ3v) is 6.93. The van der Waals surface area contributed by atoms with Crippen LogP contribution in [0.4, 0.5) is 4.79 Å². The smallest absolute Gasteiger partial charge is 0.410 e. The average Bonchev–Trinajstić information content (AvgIpc) is 3.24. The zero-order chi connectivity index (χ0) is 21.4. The van der Waals surface area contributed by atoms with Crippen molar-refractivity contribution in [2.75, 3.05) is 32.8 Å². The molecule has 9 heteroatoms. The molecular formula is C21H34N4O5. The summed E-state index contributed by atoms with van der Waals surface area (Å²) in [6.45, 7) is 8.55. The second-order valence-corrected chi connectivity index (χ2v) is 10.2. The molecule has 5 atom stereocenters. The SMILES string of the molecule is CC(C)(C)OC(=O)N1C[C@H]2C[C@@H]3O[C@@H]3C[C@H]2[C@@](CCCC2OCCO2)(CN=[N+]=[N-])C1. The minimum atomic E-state index is -0.546. The second kappa shape index (κ2) is 8.54. The van der Waals surface area contributed by atoms with Crippen LogP contribution in [0.5, 0.6) is 0 Å². The van der Waals surface area contributed by atoms with Crippen molar-refractivity contribution >= 4 is 6.09 Å². The number of azide groups is 1. The molecule has 1 saturated carbocycles. The van der Waals surface area contributed by atoms with E-state index in [2.05, 4.69) is 10.0 Å². The van der Waals surface area contributed by atoms with Gasteiger partial charge in [0.15, 0.2) is 6.29 Å². The van der Waals surface area contributed by atoms with Crippen LogP contribution in [-0.2, 0) is 18.9 Å². The molecule has 0 aromatic heterocycles. The van der Waals surface area contributed by atoms with E-state index < -0.39 is 5.60 Å². The van der Waals surface area contributed by atoms with E-state index in [1.165, 1.54) is 0 Å². The van der Waals surface area contributed by atoms with Gasteiger partial charge in [-0.2, -0.15) is 0 Å². The molecule has 4 rings (SSSR count). The lowest BCUT2D eigenvalue weighted by atomic mass is 9.59. The van der Waals surface area contributed by atoms with Crippen LogP contribution in [0.3, 0.4) is 0 Å². The third-order valence-electron chi connectivity index (χ3n) is 6.93. The van der Waals surface area contributed by atoms with E-state index in [9.17, 15) is 4.79 Å². The molecular weight excluding hydrogens is 388 g/mol. The highest BCUT2D eigenvalue weighted by atomic mass is 16.7. The van der Waals surface area contributed by atoms with E-state index in [0.717, 1.165) is 32.1 Å². The predicted octanol–water partition coefficient (Wildman–Crippen LogP) is 3.87. The van der Waals surface area contributed by atoms with Gasteiger partial charge in [0.25, 0.3) is 0 Å². The van der Waals surface area contributed by atoms with Gasteiger partial charge < -0.3 is 23.8 Å². The van der Waals surface area contributed by atoms with Crippen LogP contribution < -0.4 is 0 Å². The Morgan fingerprint density at radius 1 is 1.27 bits per heavy atom. The molecule has 3 heterocycles. The largest absolute Gasteiger partial charge is 0.444 e. The molecule has 0 radical (unpaired) electrons. The summed E-state index contributed by atoms with van der Waals surface area (Å²) in [6.07, 6.45) is 4.71. The first-order chi connectivity index (χ1) is 14.3. The standard InChI is InChI=1S/C21H34N4O5/c1-20(2,3)30-19(26)25-11-14-9-16-17(29-16)10-15(14)21(13-25,12-23-24-22)6-4-5-18-27-7-8-28-18/h14-18H,4-13H2,1-3H3/t14-,15-,16+,17-,21+/m1/s1. The fraction of sp³-hybridized carbons (Fsp3) is 0.952. The van der Waals surface area contributed by atoms with Crippen LogP contribution >= 0.6 is 0 Å². The summed E-state index contributed by atoms with van der Waals surface area (Å²) in [5, 5.41) is 4.01. The number of fused-ring (bicyclic) bond motifs is 2. The summed E-state index contributed by atoms with van der Waals surface area (Å²) in [5.74, 6) is 0.707. The van der Waals surface area contributed by atoms with Crippen LogP contribution in [0.2, 0.25) is 0 Å². The fourth-order valence-corrected chi connectivity index (χ4v) is 5.64. The highest BCUT2D eigenvalue weighted by Gasteiger charge is 2.57. The molecule has 0 aromatic rings. The van der Waals surface area contributed by atoms with Crippen LogP contribution in [-0.4, -0.2) is 67.9 Å². The maximum atomic E-state index is 13.0. The molecule has 0 aromatic carbocycles. The Balaban J connectivity index is 1.53. The number of hydrogen-bond donors (Lipinski definition) is 0. The molecule has 168 valence electrons.